The first-order valence-corrected chi connectivity index (χ1v) is 9.32. The van der Waals surface area contributed by atoms with Gasteiger partial charge >= 0.3 is 5.97 Å². The zero-order valence-corrected chi connectivity index (χ0v) is 13.3. The number of carbonyl (C=O) groups is 1. The third-order valence-electron chi connectivity index (χ3n) is 2.45. The van der Waals surface area contributed by atoms with Gasteiger partial charge in [-0.15, -0.1) is 0 Å². The molecule has 0 saturated carbocycles. The lowest BCUT2D eigenvalue weighted by atomic mass is 10.2. The first-order valence-electron chi connectivity index (χ1n) is 5.38. The second-order valence-electron chi connectivity index (χ2n) is 3.73. The van der Waals surface area contributed by atoms with Crippen molar-refractivity contribution in [2.24, 2.45) is 0 Å². The van der Waals surface area contributed by atoms with E-state index >= 15 is 0 Å². The number of hydrogen-bond donors (Lipinski definition) is 1. The molecule has 0 aromatic heterocycles. The zero-order valence-electron chi connectivity index (χ0n) is 10.1. The molecule has 1 atom stereocenters. The van der Waals surface area contributed by atoms with Gasteiger partial charge in [-0.2, -0.15) is 0 Å². The molecular weight excluding hydrogens is 356 g/mol. The third kappa shape index (κ3) is 4.70. The number of rotatable bonds is 6. The van der Waals surface area contributed by atoms with Gasteiger partial charge in [-0.25, -0.2) is 13.2 Å². The fourth-order valence-corrected chi connectivity index (χ4v) is 4.31. The normalized spacial score (nSPS) is 13.2. The molecule has 0 fully saturated rings. The molecule has 1 rings (SSSR count). The number of carboxylic acids is 1. The van der Waals surface area contributed by atoms with Crippen LogP contribution in [0.2, 0.25) is 0 Å². The number of carboxylic acid groups (broad SMARTS) is 1. The second kappa shape index (κ2) is 6.62. The number of aromatic carboxylic acids is 1. The molecule has 0 saturated heterocycles. The molecule has 0 aliphatic carbocycles. The van der Waals surface area contributed by atoms with Gasteiger partial charge in [0.1, 0.15) is 0 Å². The predicted molar refractivity (Wildman–Crippen MR) is 76.7 cm³/mol. The van der Waals surface area contributed by atoms with E-state index in [1.807, 2.05) is 0 Å². The van der Waals surface area contributed by atoms with Crippen molar-refractivity contribution in [3.63, 3.8) is 0 Å². The topological polar surface area (TPSA) is 88.5 Å². The van der Waals surface area contributed by atoms with Crippen molar-refractivity contribution in [2.45, 2.75) is 11.8 Å². The zero-order chi connectivity index (χ0) is 14.6. The van der Waals surface area contributed by atoms with Crippen molar-refractivity contribution >= 4 is 42.5 Å². The van der Waals surface area contributed by atoms with Crippen molar-refractivity contribution in [3.05, 3.63) is 28.2 Å². The minimum absolute atomic E-state index is 0.00389. The Morgan fingerprint density at radius 3 is 2.58 bits per heavy atom. The molecule has 19 heavy (non-hydrogen) atoms. The van der Waals surface area contributed by atoms with Gasteiger partial charge in [0.2, 0.25) is 0 Å². The minimum atomic E-state index is -3.18. The van der Waals surface area contributed by atoms with E-state index < -0.39 is 26.6 Å². The number of benzene rings is 1. The van der Waals surface area contributed by atoms with Crippen LogP contribution in [0.4, 0.5) is 0 Å². The van der Waals surface area contributed by atoms with Crippen molar-refractivity contribution in [3.8, 4) is 0 Å². The van der Waals surface area contributed by atoms with Crippen molar-refractivity contribution in [1.82, 2.24) is 0 Å². The maximum Gasteiger partial charge on any atom is 0.336 e. The fourth-order valence-electron chi connectivity index (χ4n) is 1.27. The molecule has 1 unspecified atom stereocenters. The smallest absolute Gasteiger partial charge is 0.336 e. The van der Waals surface area contributed by atoms with Gasteiger partial charge in [-0.3, -0.25) is 4.21 Å². The van der Waals surface area contributed by atoms with E-state index in [0.717, 1.165) is 0 Å². The highest BCUT2D eigenvalue weighted by Crippen LogP contribution is 2.20. The van der Waals surface area contributed by atoms with E-state index in [9.17, 15) is 17.4 Å². The van der Waals surface area contributed by atoms with E-state index in [1.54, 1.807) is 0 Å². The largest absolute Gasteiger partial charge is 0.478 e. The summed E-state index contributed by atoms with van der Waals surface area (Å²) >= 11 is 3.09. The molecule has 1 N–H and O–H groups in total. The Kier molecular flexibility index (Phi) is 5.69. The summed E-state index contributed by atoms with van der Waals surface area (Å²) in [6, 6.07) is 4.30. The van der Waals surface area contributed by atoms with E-state index in [2.05, 4.69) is 15.9 Å². The highest BCUT2D eigenvalue weighted by molar-refractivity contribution is 9.10. The van der Waals surface area contributed by atoms with Gasteiger partial charge < -0.3 is 5.11 Å². The molecule has 106 valence electrons. The molecular formula is C11H13BrO5S2. The summed E-state index contributed by atoms with van der Waals surface area (Å²) in [6.07, 6.45) is 0. The molecule has 0 heterocycles. The average Bonchev–Trinajstić information content (AvgIpc) is 2.36. The van der Waals surface area contributed by atoms with Gasteiger partial charge in [-0.05, 0) is 34.1 Å². The van der Waals surface area contributed by atoms with E-state index in [-0.39, 0.29) is 22.8 Å². The van der Waals surface area contributed by atoms with Crippen LogP contribution < -0.4 is 0 Å². The number of sulfone groups is 1. The predicted octanol–water partition coefficient (Wildman–Crippen LogP) is 1.69. The van der Waals surface area contributed by atoms with Crippen LogP contribution in [0.5, 0.6) is 0 Å². The summed E-state index contributed by atoms with van der Waals surface area (Å²) in [7, 11) is -4.71. The third-order valence-corrected chi connectivity index (χ3v) is 6.46. The minimum Gasteiger partial charge on any atom is -0.478 e. The van der Waals surface area contributed by atoms with Crippen molar-refractivity contribution in [1.29, 1.82) is 0 Å². The monoisotopic (exact) mass is 368 g/mol. The molecule has 0 amide bonds. The summed E-state index contributed by atoms with van der Waals surface area (Å²) in [6.45, 7) is 1.53. The summed E-state index contributed by atoms with van der Waals surface area (Å²) < 4.78 is 35.0. The van der Waals surface area contributed by atoms with Gasteiger partial charge in [-0.1, -0.05) is 6.92 Å². The summed E-state index contributed by atoms with van der Waals surface area (Å²) in [4.78, 5) is 11.2. The van der Waals surface area contributed by atoms with E-state index in [0.29, 0.717) is 9.37 Å². The highest BCUT2D eigenvalue weighted by atomic mass is 79.9. The molecule has 0 aliphatic heterocycles. The van der Waals surface area contributed by atoms with E-state index in [4.69, 9.17) is 5.11 Å². The van der Waals surface area contributed by atoms with Crippen LogP contribution in [-0.4, -0.2) is 41.0 Å². The molecule has 0 aliphatic rings. The molecule has 5 nitrogen and oxygen atoms in total. The Balaban J connectivity index is 2.90. The fraction of sp³-hybridized carbons (Fsp3) is 0.364. The van der Waals surface area contributed by atoms with Gasteiger partial charge in [0.05, 0.1) is 22.1 Å². The second-order valence-corrected chi connectivity index (χ2v) is 8.63. The van der Waals surface area contributed by atoms with Gasteiger partial charge in [0.15, 0.2) is 9.84 Å². The Morgan fingerprint density at radius 1 is 1.42 bits per heavy atom. The maximum absolute atomic E-state index is 11.9. The molecule has 1 aromatic rings. The van der Waals surface area contributed by atoms with Crippen molar-refractivity contribution in [2.75, 3.05) is 17.3 Å². The average molecular weight is 369 g/mol. The van der Waals surface area contributed by atoms with E-state index in [1.165, 1.54) is 25.1 Å². The standard InChI is InChI=1S/C11H13BrO5S2/c1-2-19(16,17)6-5-18(15)8-3-4-10(12)9(7-8)11(13)14/h3-4,7H,2,5-6H2,1H3,(H,13,14). The van der Waals surface area contributed by atoms with Crippen molar-refractivity contribution < 1.29 is 22.5 Å². The Morgan fingerprint density at radius 2 is 2.05 bits per heavy atom. The number of halogens is 1. The lowest BCUT2D eigenvalue weighted by Crippen LogP contribution is -2.15. The summed E-state index contributed by atoms with van der Waals surface area (Å²) in [5.41, 5.74) is 0.00389. The molecule has 8 heteroatoms. The Hall–Kier alpha value is -0.730. The molecule has 0 bridgehead atoms. The first-order chi connectivity index (χ1) is 8.76. The van der Waals surface area contributed by atoms with Crippen LogP contribution in [0.25, 0.3) is 0 Å². The van der Waals surface area contributed by atoms with Crippen LogP contribution in [0.3, 0.4) is 0 Å². The molecule has 1 aromatic carbocycles. The summed E-state index contributed by atoms with van der Waals surface area (Å²) in [5.74, 6) is -1.33. The van der Waals surface area contributed by atoms with Gasteiger partial charge in [0, 0.05) is 20.9 Å². The lowest BCUT2D eigenvalue weighted by Gasteiger charge is -2.05. The highest BCUT2D eigenvalue weighted by Gasteiger charge is 2.15. The Bertz CT molecular complexity index is 610. The van der Waals surface area contributed by atoms with Crippen LogP contribution in [-0.2, 0) is 20.6 Å². The molecule has 0 radical (unpaired) electrons. The lowest BCUT2D eigenvalue weighted by molar-refractivity contribution is 0.0695. The first kappa shape index (κ1) is 16.3. The molecule has 0 spiro atoms. The Labute approximate surface area is 122 Å². The van der Waals surface area contributed by atoms with Crippen LogP contribution in [0, 0.1) is 0 Å². The number of hydrogen-bond acceptors (Lipinski definition) is 4. The van der Waals surface area contributed by atoms with Crippen LogP contribution in [0.1, 0.15) is 17.3 Å². The quantitative estimate of drug-likeness (QED) is 0.825. The SMILES string of the molecule is CCS(=O)(=O)CCS(=O)c1ccc(Br)c(C(=O)O)c1. The van der Waals surface area contributed by atoms with Crippen LogP contribution >= 0.6 is 15.9 Å². The van der Waals surface area contributed by atoms with Gasteiger partial charge in [0.25, 0.3) is 0 Å². The summed E-state index contributed by atoms with van der Waals surface area (Å²) in [5, 5.41) is 8.94. The van der Waals surface area contributed by atoms with Crippen LogP contribution in [0.15, 0.2) is 27.6 Å². The maximum atomic E-state index is 11.9.